The number of nitrogens with one attached hydrogen (secondary N) is 1. The predicted molar refractivity (Wildman–Crippen MR) is 140 cm³/mol. The summed E-state index contributed by atoms with van der Waals surface area (Å²) in [6.07, 6.45) is 3.49. The molecule has 0 heterocycles. The zero-order chi connectivity index (χ0) is 25.3. The van der Waals surface area contributed by atoms with Crippen LogP contribution >= 0.6 is 23.2 Å². The van der Waals surface area contributed by atoms with Crippen LogP contribution in [0.4, 0.5) is 5.69 Å². The Morgan fingerprint density at radius 2 is 1.77 bits per heavy atom. The molecule has 0 aliphatic rings. The first-order valence-corrected chi connectivity index (χ1v) is 13.1. The van der Waals surface area contributed by atoms with E-state index >= 15 is 0 Å². The number of hydrogen-bond acceptors (Lipinski definition) is 5. The fraction of sp³-hybridized carbons (Fsp3) is 0.200. The maximum atomic E-state index is 13.3. The highest BCUT2D eigenvalue weighted by Gasteiger charge is 2.28. The number of carbonyl (C=O) groups is 1. The van der Waals surface area contributed by atoms with Gasteiger partial charge < -0.3 is 4.74 Å². The van der Waals surface area contributed by atoms with Crippen molar-refractivity contribution < 1.29 is 17.9 Å². The van der Waals surface area contributed by atoms with Crippen molar-refractivity contribution in [1.29, 1.82) is 0 Å². The number of anilines is 1. The lowest BCUT2D eigenvalue weighted by atomic mass is 10.2. The van der Waals surface area contributed by atoms with Gasteiger partial charge in [-0.1, -0.05) is 54.7 Å². The van der Waals surface area contributed by atoms with Crippen molar-refractivity contribution in [2.75, 3.05) is 17.5 Å². The molecule has 0 fully saturated rings. The van der Waals surface area contributed by atoms with E-state index in [1.165, 1.54) is 36.5 Å². The molecule has 3 aromatic rings. The molecule has 0 aliphatic carbocycles. The Morgan fingerprint density at radius 1 is 1.06 bits per heavy atom. The van der Waals surface area contributed by atoms with Crippen molar-refractivity contribution in [3.8, 4) is 5.75 Å². The largest absolute Gasteiger partial charge is 0.494 e. The smallest absolute Gasteiger partial charge is 0.264 e. The molecule has 7 nitrogen and oxygen atoms in total. The van der Waals surface area contributed by atoms with Gasteiger partial charge in [0.05, 0.1) is 28.4 Å². The lowest BCUT2D eigenvalue weighted by Crippen LogP contribution is -2.39. The second-order valence-corrected chi connectivity index (χ2v) is 10.2. The molecule has 1 N–H and O–H groups in total. The van der Waals surface area contributed by atoms with Crippen molar-refractivity contribution in [2.45, 2.75) is 24.7 Å². The number of sulfonamides is 1. The SMILES string of the molecule is CCCCOc1ccc(/C=N\NC(=O)CN(c2ccc(Cl)cc2Cl)S(=O)(=O)c2ccccc2)cc1. The number of benzene rings is 3. The summed E-state index contributed by atoms with van der Waals surface area (Å²) in [5.74, 6) is 0.104. The van der Waals surface area contributed by atoms with Crippen LogP contribution in [0.25, 0.3) is 0 Å². The van der Waals surface area contributed by atoms with Gasteiger partial charge in [-0.2, -0.15) is 5.10 Å². The minimum absolute atomic E-state index is 0.0172. The molecule has 0 aromatic heterocycles. The van der Waals surface area contributed by atoms with Gasteiger partial charge in [0.15, 0.2) is 0 Å². The molecular weight excluding hydrogens is 509 g/mol. The van der Waals surface area contributed by atoms with E-state index in [2.05, 4.69) is 17.5 Å². The standard InChI is InChI=1S/C25H25Cl2N3O4S/c1-2-3-15-34-21-12-9-19(10-13-21)17-28-29-25(31)18-30(24-14-11-20(26)16-23(24)27)35(32,33)22-7-5-4-6-8-22/h4-14,16-17H,2-3,15,18H2,1H3,(H,29,31)/b28-17-. The highest BCUT2D eigenvalue weighted by atomic mass is 35.5. The van der Waals surface area contributed by atoms with Gasteiger partial charge in [0.2, 0.25) is 0 Å². The van der Waals surface area contributed by atoms with Gasteiger partial charge in [-0.3, -0.25) is 9.10 Å². The van der Waals surface area contributed by atoms with Crippen molar-refractivity contribution in [1.82, 2.24) is 5.43 Å². The van der Waals surface area contributed by atoms with Crippen LogP contribution in [0.5, 0.6) is 5.75 Å². The van der Waals surface area contributed by atoms with Crippen molar-refractivity contribution in [3.05, 3.63) is 88.4 Å². The van der Waals surface area contributed by atoms with Gasteiger partial charge in [-0.05, 0) is 66.6 Å². The van der Waals surface area contributed by atoms with Crippen molar-refractivity contribution >= 4 is 51.0 Å². The number of hydrazone groups is 1. The maximum absolute atomic E-state index is 13.3. The number of halogens is 2. The number of rotatable bonds is 11. The number of hydrogen-bond donors (Lipinski definition) is 1. The molecule has 0 bridgehead atoms. The third-order valence-corrected chi connectivity index (χ3v) is 7.16. The van der Waals surface area contributed by atoms with Crippen LogP contribution in [0, 0.1) is 0 Å². The van der Waals surface area contributed by atoms with E-state index in [1.54, 1.807) is 30.3 Å². The van der Waals surface area contributed by atoms with Gasteiger partial charge in [0.1, 0.15) is 12.3 Å². The van der Waals surface area contributed by atoms with Crippen LogP contribution in [0.3, 0.4) is 0 Å². The number of amides is 1. The molecule has 0 spiro atoms. The molecule has 3 aromatic carbocycles. The first kappa shape index (κ1) is 26.5. The monoisotopic (exact) mass is 533 g/mol. The number of ether oxygens (including phenoxy) is 1. The second-order valence-electron chi connectivity index (χ2n) is 7.48. The van der Waals surface area contributed by atoms with E-state index in [0.717, 1.165) is 28.5 Å². The number of carbonyl (C=O) groups excluding carboxylic acids is 1. The average molecular weight is 534 g/mol. The fourth-order valence-electron chi connectivity index (χ4n) is 3.03. The van der Waals surface area contributed by atoms with E-state index in [4.69, 9.17) is 27.9 Å². The normalized spacial score (nSPS) is 11.4. The molecule has 184 valence electrons. The molecule has 10 heteroatoms. The Labute approximate surface area is 215 Å². The summed E-state index contributed by atoms with van der Waals surface area (Å²) in [5.41, 5.74) is 3.23. The van der Waals surface area contributed by atoms with E-state index in [0.29, 0.717) is 11.6 Å². The highest BCUT2D eigenvalue weighted by molar-refractivity contribution is 7.92. The third-order valence-electron chi connectivity index (χ3n) is 4.85. The summed E-state index contributed by atoms with van der Waals surface area (Å²) < 4.78 is 33.2. The third kappa shape index (κ3) is 7.45. The van der Waals surface area contributed by atoms with Crippen LogP contribution in [-0.2, 0) is 14.8 Å². The van der Waals surface area contributed by atoms with Gasteiger partial charge >= 0.3 is 0 Å². The topological polar surface area (TPSA) is 88.1 Å². The lowest BCUT2D eigenvalue weighted by Gasteiger charge is -2.24. The van der Waals surface area contributed by atoms with Crippen LogP contribution in [-0.4, -0.2) is 33.7 Å². The van der Waals surface area contributed by atoms with Crippen LogP contribution in [0.2, 0.25) is 10.0 Å². The average Bonchev–Trinajstić information content (AvgIpc) is 2.84. The van der Waals surface area contributed by atoms with E-state index < -0.39 is 22.5 Å². The van der Waals surface area contributed by atoms with E-state index in [9.17, 15) is 13.2 Å². The van der Waals surface area contributed by atoms with E-state index in [1.807, 2.05) is 12.1 Å². The fourth-order valence-corrected chi connectivity index (χ4v) is 5.05. The molecule has 0 unspecified atom stereocenters. The molecule has 0 aliphatic heterocycles. The summed E-state index contributed by atoms with van der Waals surface area (Å²) in [6, 6.07) is 19.4. The predicted octanol–water partition coefficient (Wildman–Crippen LogP) is 5.52. The zero-order valence-corrected chi connectivity index (χ0v) is 21.4. The quantitative estimate of drug-likeness (QED) is 0.199. The van der Waals surface area contributed by atoms with Crippen LogP contribution in [0.15, 0.2) is 82.8 Å². The Bertz CT molecular complexity index is 1270. The van der Waals surface area contributed by atoms with E-state index in [-0.39, 0.29) is 15.6 Å². The molecule has 0 atom stereocenters. The molecule has 3 rings (SSSR count). The van der Waals surface area contributed by atoms with Gasteiger partial charge in [-0.15, -0.1) is 0 Å². The highest BCUT2D eigenvalue weighted by Crippen LogP contribution is 2.32. The molecule has 0 radical (unpaired) electrons. The number of unbranched alkanes of at least 4 members (excludes halogenated alkanes) is 1. The summed E-state index contributed by atoms with van der Waals surface area (Å²) >= 11 is 12.2. The minimum Gasteiger partial charge on any atom is -0.494 e. The summed E-state index contributed by atoms with van der Waals surface area (Å²) in [6.45, 7) is 2.21. The summed E-state index contributed by atoms with van der Waals surface area (Å²) in [5, 5.41) is 4.38. The Kier molecular flexibility index (Phi) is 9.54. The number of nitrogens with zero attached hydrogens (tertiary/aromatic N) is 2. The summed E-state index contributed by atoms with van der Waals surface area (Å²) in [4.78, 5) is 12.7. The van der Waals surface area contributed by atoms with Gasteiger partial charge in [0, 0.05) is 5.02 Å². The van der Waals surface area contributed by atoms with Crippen molar-refractivity contribution in [3.63, 3.8) is 0 Å². The van der Waals surface area contributed by atoms with Gasteiger partial charge in [0.25, 0.3) is 15.9 Å². The Morgan fingerprint density at radius 3 is 2.43 bits per heavy atom. The molecule has 1 amide bonds. The van der Waals surface area contributed by atoms with Gasteiger partial charge in [-0.25, -0.2) is 13.8 Å². The zero-order valence-electron chi connectivity index (χ0n) is 19.0. The Hall–Kier alpha value is -3.07. The first-order valence-electron chi connectivity index (χ1n) is 10.9. The summed E-state index contributed by atoms with van der Waals surface area (Å²) in [7, 11) is -4.10. The molecular formula is C25H25Cl2N3O4S. The van der Waals surface area contributed by atoms with Crippen molar-refractivity contribution in [2.24, 2.45) is 5.10 Å². The van der Waals surface area contributed by atoms with Crippen LogP contribution in [0.1, 0.15) is 25.3 Å². The minimum atomic E-state index is -4.10. The molecule has 35 heavy (non-hydrogen) atoms. The first-order chi connectivity index (χ1) is 16.8. The second kappa shape index (κ2) is 12.6. The maximum Gasteiger partial charge on any atom is 0.264 e. The lowest BCUT2D eigenvalue weighted by molar-refractivity contribution is -0.119. The molecule has 0 saturated heterocycles. The molecule has 0 saturated carbocycles. The Balaban J connectivity index is 1.73. The van der Waals surface area contributed by atoms with Crippen LogP contribution < -0.4 is 14.5 Å².